The van der Waals surface area contributed by atoms with E-state index in [1.165, 1.54) is 32.1 Å². The van der Waals surface area contributed by atoms with Crippen LogP contribution < -0.4 is 0 Å². The van der Waals surface area contributed by atoms with E-state index >= 15 is 0 Å². The van der Waals surface area contributed by atoms with Gasteiger partial charge in [0.1, 0.15) is 5.60 Å². The van der Waals surface area contributed by atoms with Crippen LogP contribution >= 0.6 is 0 Å². The number of rotatable bonds is 2. The van der Waals surface area contributed by atoms with Crippen LogP contribution in [0.5, 0.6) is 0 Å². The Morgan fingerprint density at radius 1 is 0.857 bits per heavy atom. The van der Waals surface area contributed by atoms with Gasteiger partial charge < -0.3 is 5.11 Å². The highest BCUT2D eigenvalue weighted by Gasteiger charge is 2.31. The molecule has 0 bridgehead atoms. The SMILES string of the molecule is O=[N+]([O-])CC1(O)CCCCCCC=CCCCCCCC1. The fraction of sp³-hybridized carbons (Fsp3) is 0.882. The van der Waals surface area contributed by atoms with E-state index in [4.69, 9.17) is 0 Å². The molecule has 1 unspecified atom stereocenters. The van der Waals surface area contributed by atoms with E-state index in [1.807, 2.05) is 0 Å². The number of aliphatic hydroxyl groups is 1. The molecule has 0 aromatic heterocycles. The van der Waals surface area contributed by atoms with Gasteiger partial charge in [-0.2, -0.15) is 0 Å². The van der Waals surface area contributed by atoms with Gasteiger partial charge in [0, 0.05) is 4.92 Å². The Kier molecular flexibility index (Phi) is 9.31. The van der Waals surface area contributed by atoms with Crippen molar-refractivity contribution in [3.8, 4) is 0 Å². The van der Waals surface area contributed by atoms with Gasteiger partial charge in [-0.3, -0.25) is 10.1 Å². The second-order valence-corrected chi connectivity index (χ2v) is 6.45. The van der Waals surface area contributed by atoms with E-state index in [0.29, 0.717) is 12.8 Å². The van der Waals surface area contributed by atoms with Crippen LogP contribution in [0.1, 0.15) is 83.5 Å². The first-order valence-corrected chi connectivity index (χ1v) is 8.62. The van der Waals surface area contributed by atoms with Gasteiger partial charge in [0.05, 0.1) is 0 Å². The maximum atomic E-state index is 10.8. The fourth-order valence-electron chi connectivity index (χ4n) is 3.08. The minimum atomic E-state index is -1.08. The van der Waals surface area contributed by atoms with Gasteiger partial charge >= 0.3 is 0 Å². The van der Waals surface area contributed by atoms with E-state index in [0.717, 1.165) is 38.5 Å². The summed E-state index contributed by atoms with van der Waals surface area (Å²) in [6, 6.07) is 0. The number of allylic oxidation sites excluding steroid dienone is 2. The van der Waals surface area contributed by atoms with Crippen LogP contribution in [0.25, 0.3) is 0 Å². The molecule has 0 aromatic carbocycles. The van der Waals surface area contributed by atoms with Crippen molar-refractivity contribution < 1.29 is 10.0 Å². The molecule has 0 radical (unpaired) electrons. The molecule has 0 saturated carbocycles. The lowest BCUT2D eigenvalue weighted by Crippen LogP contribution is -2.37. The highest BCUT2D eigenvalue weighted by atomic mass is 16.6. The summed E-state index contributed by atoms with van der Waals surface area (Å²) in [6.07, 6.45) is 17.9. The third-order valence-corrected chi connectivity index (χ3v) is 4.37. The van der Waals surface area contributed by atoms with Crippen molar-refractivity contribution in [2.75, 3.05) is 6.54 Å². The molecule has 1 aliphatic rings. The summed E-state index contributed by atoms with van der Waals surface area (Å²) < 4.78 is 0. The Balaban J connectivity index is 2.44. The van der Waals surface area contributed by atoms with Crippen molar-refractivity contribution in [3.05, 3.63) is 22.3 Å². The standard InChI is InChI=1S/C17H31NO3/c19-17(16-18(20)21)14-12-10-8-6-4-2-1-3-5-7-9-11-13-15-17/h1-2,19H,3-16H2. The summed E-state index contributed by atoms with van der Waals surface area (Å²) in [5, 5.41) is 21.3. The van der Waals surface area contributed by atoms with E-state index in [1.54, 1.807) is 0 Å². The van der Waals surface area contributed by atoms with Crippen molar-refractivity contribution in [3.63, 3.8) is 0 Å². The molecule has 0 saturated heterocycles. The Labute approximate surface area is 128 Å². The molecule has 4 nitrogen and oxygen atoms in total. The third-order valence-electron chi connectivity index (χ3n) is 4.37. The topological polar surface area (TPSA) is 63.4 Å². The summed E-state index contributed by atoms with van der Waals surface area (Å²) in [7, 11) is 0. The Morgan fingerprint density at radius 2 is 1.29 bits per heavy atom. The highest BCUT2D eigenvalue weighted by Crippen LogP contribution is 2.24. The van der Waals surface area contributed by atoms with Gasteiger partial charge in [-0.05, 0) is 38.5 Å². The molecular formula is C17H31NO3. The molecule has 0 spiro atoms. The molecule has 1 rings (SSSR count). The summed E-state index contributed by atoms with van der Waals surface area (Å²) >= 11 is 0. The Bertz CT molecular complexity index is 317. The van der Waals surface area contributed by atoms with Gasteiger partial charge in [0.2, 0.25) is 6.54 Å². The van der Waals surface area contributed by atoms with Crippen LogP contribution in [-0.2, 0) is 0 Å². The molecular weight excluding hydrogens is 266 g/mol. The second kappa shape index (κ2) is 10.8. The average Bonchev–Trinajstić information content (AvgIpc) is 2.41. The van der Waals surface area contributed by atoms with Gasteiger partial charge in [-0.15, -0.1) is 0 Å². The van der Waals surface area contributed by atoms with Gasteiger partial charge in [0.15, 0.2) is 0 Å². The molecule has 0 heterocycles. The lowest BCUT2D eigenvalue weighted by molar-refractivity contribution is -0.501. The zero-order chi connectivity index (χ0) is 15.4. The van der Waals surface area contributed by atoms with Crippen LogP contribution in [0.3, 0.4) is 0 Å². The molecule has 0 fully saturated rings. The van der Waals surface area contributed by atoms with Crippen LogP contribution in [-0.4, -0.2) is 22.2 Å². The summed E-state index contributed by atoms with van der Waals surface area (Å²) in [5.74, 6) is 0. The smallest absolute Gasteiger partial charge is 0.232 e. The van der Waals surface area contributed by atoms with Crippen molar-refractivity contribution in [2.45, 2.75) is 89.1 Å². The second-order valence-electron chi connectivity index (χ2n) is 6.45. The molecule has 21 heavy (non-hydrogen) atoms. The van der Waals surface area contributed by atoms with Crippen LogP contribution in [0.4, 0.5) is 0 Å². The van der Waals surface area contributed by atoms with Crippen molar-refractivity contribution in [1.29, 1.82) is 0 Å². The molecule has 0 aliphatic heterocycles. The highest BCUT2D eigenvalue weighted by molar-refractivity contribution is 4.82. The van der Waals surface area contributed by atoms with Gasteiger partial charge in [-0.1, -0.05) is 57.1 Å². The molecule has 0 amide bonds. The molecule has 4 heteroatoms. The zero-order valence-corrected chi connectivity index (χ0v) is 13.3. The van der Waals surface area contributed by atoms with Crippen LogP contribution in [0, 0.1) is 10.1 Å². The van der Waals surface area contributed by atoms with Crippen molar-refractivity contribution in [1.82, 2.24) is 0 Å². The van der Waals surface area contributed by atoms with Crippen LogP contribution in [0.2, 0.25) is 0 Å². The van der Waals surface area contributed by atoms with E-state index in [2.05, 4.69) is 12.2 Å². The largest absolute Gasteiger partial charge is 0.383 e. The summed E-state index contributed by atoms with van der Waals surface area (Å²) in [6.45, 7) is -0.296. The van der Waals surface area contributed by atoms with Gasteiger partial charge in [0.25, 0.3) is 0 Å². The first kappa shape index (κ1) is 18.1. The first-order chi connectivity index (χ1) is 10.1. The summed E-state index contributed by atoms with van der Waals surface area (Å²) in [5.41, 5.74) is -1.08. The molecule has 1 N–H and O–H groups in total. The van der Waals surface area contributed by atoms with Crippen molar-refractivity contribution >= 4 is 0 Å². The Morgan fingerprint density at radius 3 is 1.76 bits per heavy atom. The maximum Gasteiger partial charge on any atom is 0.232 e. The first-order valence-electron chi connectivity index (χ1n) is 8.62. The Hall–Kier alpha value is -0.900. The molecule has 1 atom stereocenters. The fourth-order valence-corrected chi connectivity index (χ4v) is 3.08. The summed E-state index contributed by atoms with van der Waals surface area (Å²) in [4.78, 5) is 10.4. The van der Waals surface area contributed by atoms with E-state index < -0.39 is 5.60 Å². The molecule has 1 aliphatic carbocycles. The molecule has 122 valence electrons. The monoisotopic (exact) mass is 297 g/mol. The van der Waals surface area contributed by atoms with Gasteiger partial charge in [-0.25, -0.2) is 0 Å². The third kappa shape index (κ3) is 9.62. The molecule has 0 aromatic rings. The number of nitro groups is 1. The predicted octanol–water partition coefficient (Wildman–Crippen LogP) is 4.64. The minimum absolute atomic E-state index is 0.296. The average molecular weight is 297 g/mol. The number of hydrogen-bond donors (Lipinski definition) is 1. The number of hydrogen-bond acceptors (Lipinski definition) is 3. The van der Waals surface area contributed by atoms with E-state index in [9.17, 15) is 15.2 Å². The predicted molar refractivity (Wildman–Crippen MR) is 86.0 cm³/mol. The lowest BCUT2D eigenvalue weighted by atomic mass is 9.89. The zero-order valence-electron chi connectivity index (χ0n) is 13.3. The minimum Gasteiger partial charge on any atom is -0.383 e. The maximum absolute atomic E-state index is 10.8. The van der Waals surface area contributed by atoms with E-state index in [-0.39, 0.29) is 11.5 Å². The van der Waals surface area contributed by atoms with Crippen molar-refractivity contribution in [2.24, 2.45) is 0 Å². The lowest BCUT2D eigenvalue weighted by Gasteiger charge is -2.24. The normalized spacial score (nSPS) is 27.3. The van der Waals surface area contributed by atoms with Crippen LogP contribution in [0.15, 0.2) is 12.2 Å². The quantitative estimate of drug-likeness (QED) is 0.459. The number of nitrogens with zero attached hydrogens (tertiary/aromatic N) is 1.